The summed E-state index contributed by atoms with van der Waals surface area (Å²) in [6.45, 7) is 2.14. The Hall–Kier alpha value is -2.56. The third-order valence-electron chi connectivity index (χ3n) is 6.97. The number of halogens is 2. The van der Waals surface area contributed by atoms with Crippen molar-refractivity contribution in [1.82, 2.24) is 10.2 Å². The van der Waals surface area contributed by atoms with E-state index in [1.165, 1.54) is 0 Å². The molecular weight excluding hydrogens is 479 g/mol. The normalized spacial score (nSPS) is 14.7. The first kappa shape index (κ1) is 25.5. The Morgan fingerprint density at radius 1 is 0.971 bits per heavy atom. The fourth-order valence-electron chi connectivity index (χ4n) is 5.04. The molecule has 1 aliphatic rings. The van der Waals surface area contributed by atoms with Crippen LogP contribution in [0.5, 0.6) is 0 Å². The Kier molecular flexibility index (Phi) is 8.69. The molecule has 184 valence electrons. The van der Waals surface area contributed by atoms with Crippen molar-refractivity contribution in [3.05, 3.63) is 81.8 Å². The number of aryl methyl sites for hydroxylation is 1. The van der Waals surface area contributed by atoms with E-state index in [0.29, 0.717) is 34.9 Å². The second kappa shape index (κ2) is 11.9. The minimum absolute atomic E-state index is 0.0812. The van der Waals surface area contributed by atoms with Gasteiger partial charge in [0, 0.05) is 34.6 Å². The van der Waals surface area contributed by atoms with Crippen LogP contribution in [-0.2, 0) is 22.6 Å². The lowest BCUT2D eigenvalue weighted by molar-refractivity contribution is -0.141. The molecule has 0 spiro atoms. The summed E-state index contributed by atoms with van der Waals surface area (Å²) in [5.41, 5.74) is 1.79. The average Bonchev–Trinajstić information content (AvgIpc) is 3.37. The largest absolute Gasteiger partial charge is 0.352 e. The lowest BCUT2D eigenvalue weighted by Crippen LogP contribution is -2.51. The second-order valence-corrected chi connectivity index (χ2v) is 10.1. The highest BCUT2D eigenvalue weighted by atomic mass is 35.5. The number of carbonyl (C=O) groups excluding carboxylic acids is 2. The molecule has 1 fully saturated rings. The maximum atomic E-state index is 13.7. The molecule has 0 aliphatic heterocycles. The number of nitrogens with one attached hydrogen (secondary N) is 1. The molecule has 1 N–H and O–H groups in total. The highest BCUT2D eigenvalue weighted by Gasteiger charge is 2.31. The van der Waals surface area contributed by atoms with Crippen LogP contribution in [0.15, 0.2) is 60.7 Å². The van der Waals surface area contributed by atoms with Crippen LogP contribution in [0.2, 0.25) is 10.0 Å². The van der Waals surface area contributed by atoms with E-state index < -0.39 is 6.04 Å². The van der Waals surface area contributed by atoms with Crippen LogP contribution in [0.1, 0.15) is 56.6 Å². The summed E-state index contributed by atoms with van der Waals surface area (Å²) in [5.74, 6) is -0.177. The van der Waals surface area contributed by atoms with Gasteiger partial charge >= 0.3 is 0 Å². The van der Waals surface area contributed by atoms with Gasteiger partial charge in [-0.05, 0) is 54.2 Å². The van der Waals surface area contributed by atoms with Gasteiger partial charge in [0.1, 0.15) is 6.04 Å². The van der Waals surface area contributed by atoms with Gasteiger partial charge in [-0.15, -0.1) is 0 Å². The second-order valence-electron chi connectivity index (χ2n) is 9.27. The summed E-state index contributed by atoms with van der Waals surface area (Å²) in [6, 6.07) is 19.3. The summed E-state index contributed by atoms with van der Waals surface area (Å²) in [5, 5.41) is 6.47. The average molecular weight is 511 g/mol. The highest BCUT2D eigenvalue weighted by molar-refractivity contribution is 6.36. The monoisotopic (exact) mass is 510 g/mol. The van der Waals surface area contributed by atoms with Crippen LogP contribution in [0.25, 0.3) is 10.8 Å². The van der Waals surface area contributed by atoms with Crippen molar-refractivity contribution in [3.63, 3.8) is 0 Å². The Labute approximate surface area is 217 Å². The first-order chi connectivity index (χ1) is 17.0. The molecule has 6 heteroatoms. The molecule has 1 saturated carbocycles. The summed E-state index contributed by atoms with van der Waals surface area (Å²) in [4.78, 5) is 28.7. The van der Waals surface area contributed by atoms with Crippen molar-refractivity contribution in [2.75, 3.05) is 0 Å². The Bertz CT molecular complexity index is 1160. The predicted octanol–water partition coefficient (Wildman–Crippen LogP) is 6.95. The summed E-state index contributed by atoms with van der Waals surface area (Å²) in [7, 11) is 0. The lowest BCUT2D eigenvalue weighted by Gasteiger charge is -2.32. The molecule has 0 radical (unpaired) electrons. The van der Waals surface area contributed by atoms with Gasteiger partial charge in [-0.2, -0.15) is 0 Å². The van der Waals surface area contributed by atoms with E-state index in [4.69, 9.17) is 23.2 Å². The topological polar surface area (TPSA) is 49.4 Å². The Morgan fingerprint density at radius 3 is 2.34 bits per heavy atom. The summed E-state index contributed by atoms with van der Waals surface area (Å²) >= 11 is 12.9. The third-order valence-corrected chi connectivity index (χ3v) is 7.67. The fraction of sp³-hybridized carbons (Fsp3) is 0.379. The van der Waals surface area contributed by atoms with E-state index in [1.807, 2.05) is 25.1 Å². The standard InChI is InChI=1S/C29H32Cl2N2O2/c1-2-27(29(35)32-22-12-4-5-13-22)33(19-24-25(30)15-8-16-26(24)31)28(34)18-17-21-11-7-10-20-9-3-6-14-23(20)21/h3,6-11,14-16,22,27H,2,4-5,12-13,17-19H2,1H3,(H,32,35)/t27-/m0/s1. The van der Waals surface area contributed by atoms with Crippen molar-refractivity contribution in [2.24, 2.45) is 0 Å². The molecule has 2 amide bonds. The number of rotatable bonds is 9. The van der Waals surface area contributed by atoms with Crippen LogP contribution < -0.4 is 5.32 Å². The SMILES string of the molecule is CC[C@@H](C(=O)NC1CCCC1)N(Cc1c(Cl)cccc1Cl)C(=O)CCc1cccc2ccccc12. The van der Waals surface area contributed by atoms with Gasteiger partial charge in [-0.3, -0.25) is 9.59 Å². The van der Waals surface area contributed by atoms with Gasteiger partial charge in [-0.1, -0.05) is 91.5 Å². The summed E-state index contributed by atoms with van der Waals surface area (Å²) in [6.07, 6.45) is 5.65. The van der Waals surface area contributed by atoms with Gasteiger partial charge in [0.15, 0.2) is 0 Å². The molecule has 35 heavy (non-hydrogen) atoms. The molecule has 3 aromatic rings. The summed E-state index contributed by atoms with van der Waals surface area (Å²) < 4.78 is 0. The number of amides is 2. The number of hydrogen-bond donors (Lipinski definition) is 1. The van der Waals surface area contributed by atoms with E-state index in [1.54, 1.807) is 23.1 Å². The van der Waals surface area contributed by atoms with Crippen molar-refractivity contribution < 1.29 is 9.59 Å². The predicted molar refractivity (Wildman–Crippen MR) is 144 cm³/mol. The molecule has 1 atom stereocenters. The minimum atomic E-state index is -0.581. The van der Waals surface area contributed by atoms with Gasteiger partial charge in [-0.25, -0.2) is 0 Å². The van der Waals surface area contributed by atoms with E-state index in [-0.39, 0.29) is 24.4 Å². The van der Waals surface area contributed by atoms with Gasteiger partial charge < -0.3 is 10.2 Å². The molecule has 4 rings (SSSR count). The van der Waals surface area contributed by atoms with E-state index >= 15 is 0 Å². The molecule has 0 aromatic heterocycles. The Balaban J connectivity index is 1.57. The number of carbonyl (C=O) groups is 2. The maximum Gasteiger partial charge on any atom is 0.243 e. The van der Waals surface area contributed by atoms with E-state index in [9.17, 15) is 9.59 Å². The third kappa shape index (κ3) is 6.17. The molecular formula is C29H32Cl2N2O2. The molecule has 4 nitrogen and oxygen atoms in total. The molecule has 0 bridgehead atoms. The van der Waals surface area contributed by atoms with Crippen molar-refractivity contribution in [1.29, 1.82) is 0 Å². The maximum absolute atomic E-state index is 13.7. The van der Waals surface area contributed by atoms with Crippen molar-refractivity contribution in [2.45, 2.75) is 70.5 Å². The van der Waals surface area contributed by atoms with Crippen molar-refractivity contribution >= 4 is 45.8 Å². The number of nitrogens with zero attached hydrogens (tertiary/aromatic N) is 1. The molecule has 0 unspecified atom stereocenters. The fourth-order valence-corrected chi connectivity index (χ4v) is 5.55. The molecule has 0 heterocycles. The van der Waals surface area contributed by atoms with Crippen LogP contribution in [0.3, 0.4) is 0 Å². The van der Waals surface area contributed by atoms with Crippen LogP contribution in [-0.4, -0.2) is 28.8 Å². The van der Waals surface area contributed by atoms with E-state index in [0.717, 1.165) is 42.0 Å². The zero-order valence-electron chi connectivity index (χ0n) is 20.1. The number of benzene rings is 3. The number of hydrogen-bond acceptors (Lipinski definition) is 2. The molecule has 0 saturated heterocycles. The quantitative estimate of drug-likeness (QED) is 0.338. The zero-order valence-corrected chi connectivity index (χ0v) is 21.6. The minimum Gasteiger partial charge on any atom is -0.352 e. The van der Waals surface area contributed by atoms with Crippen LogP contribution in [0, 0.1) is 0 Å². The first-order valence-electron chi connectivity index (χ1n) is 12.5. The smallest absolute Gasteiger partial charge is 0.243 e. The lowest BCUT2D eigenvalue weighted by atomic mass is 10.00. The Morgan fingerprint density at radius 2 is 1.63 bits per heavy atom. The van der Waals surface area contributed by atoms with Crippen molar-refractivity contribution in [3.8, 4) is 0 Å². The molecule has 3 aromatic carbocycles. The number of fused-ring (bicyclic) bond motifs is 1. The zero-order chi connectivity index (χ0) is 24.8. The molecule has 1 aliphatic carbocycles. The van der Waals surface area contributed by atoms with Crippen LogP contribution >= 0.6 is 23.2 Å². The first-order valence-corrected chi connectivity index (χ1v) is 13.2. The van der Waals surface area contributed by atoms with Gasteiger partial charge in [0.2, 0.25) is 11.8 Å². The van der Waals surface area contributed by atoms with E-state index in [2.05, 4.69) is 29.6 Å². The van der Waals surface area contributed by atoms with Gasteiger partial charge in [0.25, 0.3) is 0 Å². The highest BCUT2D eigenvalue weighted by Crippen LogP contribution is 2.28. The van der Waals surface area contributed by atoms with Gasteiger partial charge in [0.05, 0.1) is 0 Å². The van der Waals surface area contributed by atoms with Crippen LogP contribution in [0.4, 0.5) is 0 Å².